The number of amides is 3. The van der Waals surface area contributed by atoms with Crippen molar-refractivity contribution in [2.24, 2.45) is 0 Å². The first-order chi connectivity index (χ1) is 13.0. The van der Waals surface area contributed by atoms with Crippen LogP contribution in [0.25, 0.3) is 0 Å². The standard InChI is InChI=1S/C19H22N4O4/c1-13-12-15(21-19(25)26)6-9-17(13)27-16-7-4-14(5-8-16)20-18(24)22-23-10-2-3-11-23/h4-9,12,21H,2-3,10-11H2,1H3,(H,25,26)(H2,20,22,24). The molecular weight excluding hydrogens is 348 g/mol. The second-order valence-corrected chi connectivity index (χ2v) is 6.30. The number of aryl methyl sites for hydroxylation is 1. The molecule has 1 fully saturated rings. The Labute approximate surface area is 157 Å². The lowest BCUT2D eigenvalue weighted by Crippen LogP contribution is -2.42. The summed E-state index contributed by atoms with van der Waals surface area (Å²) in [6.07, 6.45) is 1.08. The summed E-state index contributed by atoms with van der Waals surface area (Å²) in [5.74, 6) is 1.24. The van der Waals surface area contributed by atoms with Crippen LogP contribution in [0.1, 0.15) is 18.4 Å². The summed E-state index contributed by atoms with van der Waals surface area (Å²) in [5.41, 5.74) is 4.76. The molecule has 0 aliphatic carbocycles. The van der Waals surface area contributed by atoms with E-state index in [0.717, 1.165) is 31.5 Å². The number of hydrogen-bond acceptors (Lipinski definition) is 4. The lowest BCUT2D eigenvalue weighted by molar-refractivity contribution is 0.208. The van der Waals surface area contributed by atoms with Gasteiger partial charge in [0.2, 0.25) is 0 Å². The van der Waals surface area contributed by atoms with E-state index in [1.54, 1.807) is 42.5 Å². The molecule has 2 aromatic rings. The second kappa shape index (κ2) is 8.41. The molecule has 0 radical (unpaired) electrons. The molecule has 8 heteroatoms. The molecule has 0 unspecified atom stereocenters. The van der Waals surface area contributed by atoms with E-state index in [1.165, 1.54) is 0 Å². The smallest absolute Gasteiger partial charge is 0.409 e. The topological polar surface area (TPSA) is 103 Å². The molecule has 142 valence electrons. The van der Waals surface area contributed by atoms with Gasteiger partial charge in [-0.3, -0.25) is 10.7 Å². The Morgan fingerprint density at radius 3 is 2.30 bits per heavy atom. The molecule has 2 aromatic carbocycles. The molecule has 3 rings (SSSR count). The minimum atomic E-state index is -1.11. The Balaban J connectivity index is 1.57. The average molecular weight is 370 g/mol. The summed E-state index contributed by atoms with van der Waals surface area (Å²) in [5, 5.41) is 15.7. The van der Waals surface area contributed by atoms with Gasteiger partial charge in [-0.1, -0.05) is 0 Å². The highest BCUT2D eigenvalue weighted by Crippen LogP contribution is 2.28. The monoisotopic (exact) mass is 370 g/mol. The Hall–Kier alpha value is -3.26. The first kappa shape index (κ1) is 18.5. The molecule has 27 heavy (non-hydrogen) atoms. The molecule has 1 aliphatic heterocycles. The number of benzene rings is 2. The highest BCUT2D eigenvalue weighted by atomic mass is 16.5. The second-order valence-electron chi connectivity index (χ2n) is 6.30. The molecule has 0 saturated carbocycles. The van der Waals surface area contributed by atoms with Crippen LogP contribution in [0.3, 0.4) is 0 Å². The fourth-order valence-electron chi connectivity index (χ4n) is 2.83. The number of nitrogens with one attached hydrogen (secondary N) is 3. The van der Waals surface area contributed by atoms with Crippen LogP contribution in [-0.2, 0) is 0 Å². The van der Waals surface area contributed by atoms with Crippen molar-refractivity contribution in [3.05, 3.63) is 48.0 Å². The number of hydrogen-bond donors (Lipinski definition) is 4. The molecule has 0 spiro atoms. The number of nitrogens with zero attached hydrogens (tertiary/aromatic N) is 1. The van der Waals surface area contributed by atoms with Crippen molar-refractivity contribution in [1.82, 2.24) is 10.4 Å². The third-order valence-corrected chi connectivity index (χ3v) is 4.13. The van der Waals surface area contributed by atoms with Crippen LogP contribution < -0.4 is 20.8 Å². The highest BCUT2D eigenvalue weighted by Gasteiger charge is 2.14. The molecule has 1 aliphatic rings. The first-order valence-corrected chi connectivity index (χ1v) is 8.71. The van der Waals surface area contributed by atoms with E-state index in [4.69, 9.17) is 9.84 Å². The van der Waals surface area contributed by atoms with E-state index < -0.39 is 6.09 Å². The van der Waals surface area contributed by atoms with E-state index in [1.807, 2.05) is 11.9 Å². The van der Waals surface area contributed by atoms with Crippen LogP contribution in [0, 0.1) is 6.92 Å². The Morgan fingerprint density at radius 1 is 1.00 bits per heavy atom. The van der Waals surface area contributed by atoms with Gasteiger partial charge in [0.25, 0.3) is 0 Å². The minimum absolute atomic E-state index is 0.261. The molecule has 0 atom stereocenters. The molecule has 3 amide bonds. The van der Waals surface area contributed by atoms with E-state index in [0.29, 0.717) is 22.9 Å². The van der Waals surface area contributed by atoms with Crippen LogP contribution in [-0.4, -0.2) is 35.3 Å². The summed E-state index contributed by atoms with van der Waals surface area (Å²) in [4.78, 5) is 22.6. The fraction of sp³-hybridized carbons (Fsp3) is 0.263. The zero-order chi connectivity index (χ0) is 19.2. The van der Waals surface area contributed by atoms with Crippen LogP contribution in [0.5, 0.6) is 11.5 Å². The van der Waals surface area contributed by atoms with Crippen molar-refractivity contribution < 1.29 is 19.4 Å². The van der Waals surface area contributed by atoms with E-state index in [2.05, 4.69) is 16.1 Å². The maximum Gasteiger partial charge on any atom is 0.409 e. The van der Waals surface area contributed by atoms with Crippen molar-refractivity contribution in [3.63, 3.8) is 0 Å². The van der Waals surface area contributed by atoms with Crippen LogP contribution in [0.4, 0.5) is 21.0 Å². The lowest BCUT2D eigenvalue weighted by Gasteiger charge is -2.16. The predicted octanol–water partition coefficient (Wildman–Crippen LogP) is 4.01. The van der Waals surface area contributed by atoms with Crippen LogP contribution in [0.15, 0.2) is 42.5 Å². The first-order valence-electron chi connectivity index (χ1n) is 8.71. The van der Waals surface area contributed by atoms with Gasteiger partial charge in [-0.05, 0) is 67.8 Å². The van der Waals surface area contributed by atoms with Crippen molar-refractivity contribution in [1.29, 1.82) is 0 Å². The van der Waals surface area contributed by atoms with Crippen molar-refractivity contribution in [3.8, 4) is 11.5 Å². The van der Waals surface area contributed by atoms with Crippen molar-refractivity contribution >= 4 is 23.5 Å². The van der Waals surface area contributed by atoms with Gasteiger partial charge in [0, 0.05) is 24.5 Å². The normalized spacial score (nSPS) is 13.8. The van der Waals surface area contributed by atoms with Gasteiger partial charge in [-0.15, -0.1) is 0 Å². The number of ether oxygens (including phenoxy) is 1. The van der Waals surface area contributed by atoms with Crippen LogP contribution in [0.2, 0.25) is 0 Å². The molecule has 1 heterocycles. The van der Waals surface area contributed by atoms with Gasteiger partial charge in [-0.25, -0.2) is 14.6 Å². The number of rotatable bonds is 5. The number of carbonyl (C=O) groups is 2. The van der Waals surface area contributed by atoms with Gasteiger partial charge in [0.1, 0.15) is 11.5 Å². The van der Waals surface area contributed by atoms with Gasteiger partial charge in [-0.2, -0.15) is 0 Å². The zero-order valence-corrected chi connectivity index (χ0v) is 15.0. The number of urea groups is 1. The third kappa shape index (κ3) is 5.35. The predicted molar refractivity (Wildman–Crippen MR) is 102 cm³/mol. The van der Waals surface area contributed by atoms with E-state index >= 15 is 0 Å². The van der Waals surface area contributed by atoms with Crippen LogP contribution >= 0.6 is 0 Å². The number of carboxylic acid groups (broad SMARTS) is 1. The number of anilines is 2. The fourth-order valence-corrected chi connectivity index (χ4v) is 2.83. The number of hydrazine groups is 1. The molecular formula is C19H22N4O4. The summed E-state index contributed by atoms with van der Waals surface area (Å²) < 4.78 is 5.82. The molecule has 0 aromatic heterocycles. The summed E-state index contributed by atoms with van der Waals surface area (Å²) in [6.45, 7) is 3.58. The number of carbonyl (C=O) groups excluding carboxylic acids is 1. The molecule has 4 N–H and O–H groups in total. The Bertz CT molecular complexity index is 817. The van der Waals surface area contributed by atoms with Gasteiger partial charge in [0.05, 0.1) is 0 Å². The van der Waals surface area contributed by atoms with Gasteiger partial charge < -0.3 is 15.2 Å². The van der Waals surface area contributed by atoms with Crippen molar-refractivity contribution in [2.45, 2.75) is 19.8 Å². The largest absolute Gasteiger partial charge is 0.465 e. The quantitative estimate of drug-likeness (QED) is 0.637. The van der Waals surface area contributed by atoms with Gasteiger partial charge >= 0.3 is 12.1 Å². The third-order valence-electron chi connectivity index (χ3n) is 4.13. The average Bonchev–Trinajstić information content (AvgIpc) is 3.11. The highest BCUT2D eigenvalue weighted by molar-refractivity contribution is 5.89. The van der Waals surface area contributed by atoms with Crippen molar-refractivity contribution in [2.75, 3.05) is 23.7 Å². The molecule has 8 nitrogen and oxygen atoms in total. The molecule has 0 bridgehead atoms. The molecule has 1 saturated heterocycles. The maximum atomic E-state index is 12.0. The Morgan fingerprint density at radius 2 is 1.67 bits per heavy atom. The zero-order valence-electron chi connectivity index (χ0n) is 15.0. The summed E-state index contributed by atoms with van der Waals surface area (Å²) >= 11 is 0. The summed E-state index contributed by atoms with van der Waals surface area (Å²) in [6, 6.07) is 11.8. The minimum Gasteiger partial charge on any atom is -0.465 e. The van der Waals surface area contributed by atoms with E-state index in [-0.39, 0.29) is 6.03 Å². The van der Waals surface area contributed by atoms with Gasteiger partial charge in [0.15, 0.2) is 0 Å². The summed E-state index contributed by atoms with van der Waals surface area (Å²) in [7, 11) is 0. The Kier molecular flexibility index (Phi) is 5.77. The maximum absolute atomic E-state index is 12.0. The van der Waals surface area contributed by atoms with E-state index in [9.17, 15) is 9.59 Å². The SMILES string of the molecule is Cc1cc(NC(=O)O)ccc1Oc1ccc(NC(=O)NN2CCCC2)cc1. The lowest BCUT2D eigenvalue weighted by atomic mass is 10.2.